The summed E-state index contributed by atoms with van der Waals surface area (Å²) in [7, 11) is 3.07. The van der Waals surface area contributed by atoms with Crippen LogP contribution < -0.4 is 14.4 Å². The summed E-state index contributed by atoms with van der Waals surface area (Å²) in [6.07, 6.45) is 0. The molecule has 0 fully saturated rings. The predicted molar refractivity (Wildman–Crippen MR) is 136 cm³/mol. The van der Waals surface area contributed by atoms with E-state index < -0.39 is 12.0 Å². The summed E-state index contributed by atoms with van der Waals surface area (Å²) in [4.78, 5) is 27.5. The van der Waals surface area contributed by atoms with Crippen molar-refractivity contribution >= 4 is 17.6 Å². The molecule has 3 aromatic carbocycles. The number of rotatable bonds is 7. The van der Waals surface area contributed by atoms with Gasteiger partial charge < -0.3 is 19.3 Å². The van der Waals surface area contributed by atoms with Crippen molar-refractivity contribution in [1.29, 1.82) is 0 Å². The van der Waals surface area contributed by atoms with Crippen molar-refractivity contribution in [3.8, 4) is 28.5 Å². The zero-order chi connectivity index (χ0) is 26.1. The number of phenolic OH excluding ortho intramolecular Hbond substituents is 1. The fourth-order valence-electron chi connectivity index (χ4n) is 4.53. The molecule has 4 aromatic rings. The molecule has 1 aliphatic rings. The Kier molecular flexibility index (Phi) is 6.27. The summed E-state index contributed by atoms with van der Waals surface area (Å²) in [5.41, 5.74) is 4.16. The third-order valence-electron chi connectivity index (χ3n) is 6.31. The number of fused-ring (bicyclic) bond motifs is 1. The Morgan fingerprint density at radius 1 is 1.03 bits per heavy atom. The number of methoxy groups -OCH3 is 2. The first-order valence-corrected chi connectivity index (χ1v) is 11.7. The quantitative estimate of drug-likeness (QED) is 0.354. The topological polar surface area (TPSA) is 114 Å². The van der Waals surface area contributed by atoms with Crippen LogP contribution >= 0.6 is 0 Å². The maximum absolute atomic E-state index is 13.7. The van der Waals surface area contributed by atoms with Crippen molar-refractivity contribution in [2.24, 2.45) is 0 Å². The third kappa shape index (κ3) is 4.14. The molecule has 2 heterocycles. The van der Waals surface area contributed by atoms with Gasteiger partial charge in [0.15, 0.2) is 11.5 Å². The van der Waals surface area contributed by atoms with E-state index in [2.05, 4.69) is 10.2 Å². The summed E-state index contributed by atoms with van der Waals surface area (Å²) in [5.74, 6) is 0.269. The molecule has 9 nitrogen and oxygen atoms in total. The first kappa shape index (κ1) is 23.9. The number of hydrogen-bond donors (Lipinski definition) is 2. The Morgan fingerprint density at radius 3 is 2.41 bits per heavy atom. The molecule has 0 radical (unpaired) electrons. The van der Waals surface area contributed by atoms with Gasteiger partial charge in [0.1, 0.15) is 11.4 Å². The van der Waals surface area contributed by atoms with Crippen molar-refractivity contribution in [3.63, 3.8) is 0 Å². The Hall–Kier alpha value is -4.79. The average molecular weight is 500 g/mol. The van der Waals surface area contributed by atoms with Gasteiger partial charge in [0, 0.05) is 16.8 Å². The normalized spacial score (nSPS) is 14.4. The van der Waals surface area contributed by atoms with Gasteiger partial charge >= 0.3 is 5.97 Å². The van der Waals surface area contributed by atoms with Crippen LogP contribution in [0.5, 0.6) is 17.2 Å². The highest BCUT2D eigenvalue weighted by molar-refractivity contribution is 6.12. The number of nitrogens with zero attached hydrogens (tertiary/aromatic N) is 2. The van der Waals surface area contributed by atoms with E-state index in [4.69, 9.17) is 14.2 Å². The summed E-state index contributed by atoms with van der Waals surface area (Å²) in [5, 5.41) is 17.6. The van der Waals surface area contributed by atoms with Gasteiger partial charge in [-0.05, 0) is 73.2 Å². The van der Waals surface area contributed by atoms with Gasteiger partial charge in [0.05, 0.1) is 38.1 Å². The van der Waals surface area contributed by atoms with Crippen LogP contribution in [0, 0.1) is 0 Å². The second-order valence-electron chi connectivity index (χ2n) is 8.37. The molecule has 1 atom stereocenters. The average Bonchev–Trinajstić information content (AvgIpc) is 3.48. The number of carbonyl (C=O) groups excluding carboxylic acids is 2. The molecule has 0 aliphatic carbocycles. The van der Waals surface area contributed by atoms with Gasteiger partial charge in [-0.1, -0.05) is 6.07 Å². The number of aromatic hydroxyl groups is 1. The SMILES string of the molecule is CCOC(=O)c1ccc(N2C(=O)c3[nH]nc(-c4ccc(OC)cc4)c3[C@@H]2c2ccc(O)c(OC)c2)cc1. The van der Waals surface area contributed by atoms with E-state index in [-0.39, 0.29) is 24.0 Å². The fraction of sp³-hybridized carbons (Fsp3) is 0.179. The zero-order valence-corrected chi connectivity index (χ0v) is 20.5. The minimum Gasteiger partial charge on any atom is -0.504 e. The highest BCUT2D eigenvalue weighted by Crippen LogP contribution is 2.46. The number of benzene rings is 3. The van der Waals surface area contributed by atoms with Crippen molar-refractivity contribution in [1.82, 2.24) is 10.2 Å². The van der Waals surface area contributed by atoms with E-state index in [0.717, 1.165) is 5.56 Å². The van der Waals surface area contributed by atoms with E-state index in [9.17, 15) is 14.7 Å². The smallest absolute Gasteiger partial charge is 0.338 e. The van der Waals surface area contributed by atoms with E-state index in [0.29, 0.717) is 39.5 Å². The molecule has 9 heteroatoms. The first-order valence-electron chi connectivity index (χ1n) is 11.7. The number of phenols is 1. The van der Waals surface area contributed by atoms with Crippen LogP contribution in [0.3, 0.4) is 0 Å². The predicted octanol–water partition coefficient (Wildman–Crippen LogP) is 4.73. The van der Waals surface area contributed by atoms with Crippen LogP contribution in [-0.2, 0) is 4.74 Å². The fourth-order valence-corrected chi connectivity index (χ4v) is 4.53. The lowest BCUT2D eigenvalue weighted by Crippen LogP contribution is -2.29. The molecular formula is C28H25N3O6. The van der Waals surface area contributed by atoms with Gasteiger partial charge in [-0.3, -0.25) is 14.8 Å². The number of aromatic nitrogens is 2. The Balaban J connectivity index is 1.65. The molecule has 2 N–H and O–H groups in total. The van der Waals surface area contributed by atoms with Crippen LogP contribution in [0.4, 0.5) is 5.69 Å². The largest absolute Gasteiger partial charge is 0.504 e. The summed E-state index contributed by atoms with van der Waals surface area (Å²) in [6, 6.07) is 18.5. The van der Waals surface area contributed by atoms with Crippen LogP contribution in [0.1, 0.15) is 44.9 Å². The number of ether oxygens (including phenoxy) is 3. The molecule has 1 amide bonds. The monoisotopic (exact) mass is 499 g/mol. The van der Waals surface area contributed by atoms with Crippen molar-refractivity contribution in [2.75, 3.05) is 25.7 Å². The minimum atomic E-state index is -0.582. The Bertz CT molecular complexity index is 1460. The van der Waals surface area contributed by atoms with Crippen LogP contribution in [0.25, 0.3) is 11.3 Å². The molecule has 0 saturated carbocycles. The lowest BCUT2D eigenvalue weighted by atomic mass is 9.95. The number of anilines is 1. The van der Waals surface area contributed by atoms with E-state index >= 15 is 0 Å². The number of amides is 1. The first-order chi connectivity index (χ1) is 18.0. The number of H-pyrrole nitrogens is 1. The van der Waals surface area contributed by atoms with Crippen LogP contribution in [0.15, 0.2) is 66.7 Å². The lowest BCUT2D eigenvalue weighted by molar-refractivity contribution is 0.0526. The molecule has 0 bridgehead atoms. The van der Waals surface area contributed by atoms with E-state index in [1.54, 1.807) is 55.3 Å². The molecule has 5 rings (SSSR count). The van der Waals surface area contributed by atoms with Crippen molar-refractivity contribution in [2.45, 2.75) is 13.0 Å². The highest BCUT2D eigenvalue weighted by atomic mass is 16.5. The van der Waals surface area contributed by atoms with Gasteiger partial charge in [-0.15, -0.1) is 0 Å². The number of carbonyl (C=O) groups is 2. The Labute approximate surface area is 213 Å². The summed E-state index contributed by atoms with van der Waals surface area (Å²) in [6.45, 7) is 2.01. The van der Waals surface area contributed by atoms with Gasteiger partial charge in [-0.2, -0.15) is 5.10 Å². The zero-order valence-electron chi connectivity index (χ0n) is 20.5. The summed E-state index contributed by atoms with van der Waals surface area (Å²) < 4.78 is 15.7. The molecule has 1 aromatic heterocycles. The lowest BCUT2D eigenvalue weighted by Gasteiger charge is -2.27. The van der Waals surface area contributed by atoms with Gasteiger partial charge in [0.2, 0.25) is 0 Å². The molecule has 0 spiro atoms. The standard InChI is InChI=1S/C28H25N3O6/c1-4-37-28(34)17-5-10-19(11-6-17)31-26(18-9-14-21(32)22(15-18)36-3)23-24(29-30-25(23)27(31)33)16-7-12-20(35-2)13-8-16/h5-15,26,32H,4H2,1-3H3,(H,29,30)/t26-/m0/s1. The van der Waals surface area contributed by atoms with Crippen LogP contribution in [-0.4, -0.2) is 48.0 Å². The molecule has 0 unspecified atom stereocenters. The molecular weight excluding hydrogens is 474 g/mol. The number of nitrogens with one attached hydrogen (secondary N) is 1. The number of esters is 1. The van der Waals surface area contributed by atoms with Crippen molar-refractivity contribution < 1.29 is 28.9 Å². The second kappa shape index (κ2) is 9.69. The third-order valence-corrected chi connectivity index (χ3v) is 6.31. The van der Waals surface area contributed by atoms with E-state index in [1.165, 1.54) is 13.2 Å². The molecule has 188 valence electrons. The van der Waals surface area contributed by atoms with Gasteiger partial charge in [0.25, 0.3) is 5.91 Å². The minimum absolute atomic E-state index is 0.0105. The molecule has 1 aliphatic heterocycles. The second-order valence-corrected chi connectivity index (χ2v) is 8.37. The maximum Gasteiger partial charge on any atom is 0.338 e. The molecule has 37 heavy (non-hydrogen) atoms. The maximum atomic E-state index is 13.7. The highest BCUT2D eigenvalue weighted by Gasteiger charge is 2.43. The summed E-state index contributed by atoms with van der Waals surface area (Å²) >= 11 is 0. The number of aromatic amines is 1. The van der Waals surface area contributed by atoms with E-state index in [1.807, 2.05) is 24.3 Å². The van der Waals surface area contributed by atoms with Crippen LogP contribution in [0.2, 0.25) is 0 Å². The van der Waals surface area contributed by atoms with Gasteiger partial charge in [-0.25, -0.2) is 4.79 Å². The number of hydrogen-bond acceptors (Lipinski definition) is 7. The Morgan fingerprint density at radius 2 is 1.76 bits per heavy atom. The van der Waals surface area contributed by atoms with Crippen molar-refractivity contribution in [3.05, 3.63) is 89.1 Å². The molecule has 0 saturated heterocycles.